The van der Waals surface area contributed by atoms with Crippen LogP contribution in [0, 0.1) is 11.3 Å². The van der Waals surface area contributed by atoms with E-state index in [4.69, 9.17) is 9.47 Å². The van der Waals surface area contributed by atoms with Crippen LogP contribution in [0.5, 0.6) is 5.75 Å². The van der Waals surface area contributed by atoms with Crippen LogP contribution in [0.15, 0.2) is 58.6 Å². The largest absolute Gasteiger partial charge is 0.482 e. The van der Waals surface area contributed by atoms with Crippen molar-refractivity contribution >= 4 is 39.6 Å². The van der Waals surface area contributed by atoms with Crippen LogP contribution in [-0.4, -0.2) is 24.6 Å². The Morgan fingerprint density at radius 2 is 1.79 bits per heavy atom. The highest BCUT2D eigenvalue weighted by molar-refractivity contribution is 9.10. The fourth-order valence-corrected chi connectivity index (χ4v) is 2.41. The van der Waals surface area contributed by atoms with Gasteiger partial charge in [0.05, 0.1) is 6.10 Å². The van der Waals surface area contributed by atoms with E-state index in [1.165, 1.54) is 6.08 Å². The lowest BCUT2D eigenvalue weighted by molar-refractivity contribution is -0.149. The average Bonchev–Trinajstić information content (AvgIpc) is 2.66. The molecule has 144 valence electrons. The van der Waals surface area contributed by atoms with Gasteiger partial charge in [-0.2, -0.15) is 5.26 Å². The molecule has 1 N–H and O–H groups in total. The molecular weight excluding hydrogens is 424 g/mol. The number of carbonyl (C=O) groups is 2. The minimum atomic E-state index is -0.499. The Kier molecular flexibility index (Phi) is 7.78. The van der Waals surface area contributed by atoms with Gasteiger partial charge in [-0.25, -0.2) is 4.79 Å². The number of benzene rings is 2. The molecular formula is C21H19BrN2O4. The first-order valence-corrected chi connectivity index (χ1v) is 9.27. The van der Waals surface area contributed by atoms with Crippen molar-refractivity contribution in [1.82, 2.24) is 0 Å². The summed E-state index contributed by atoms with van der Waals surface area (Å²) in [5.41, 5.74) is 1.21. The van der Waals surface area contributed by atoms with E-state index in [-0.39, 0.29) is 18.3 Å². The molecule has 0 heterocycles. The van der Waals surface area contributed by atoms with Gasteiger partial charge in [-0.1, -0.05) is 28.1 Å². The molecule has 0 atom stereocenters. The second-order valence-corrected chi connectivity index (χ2v) is 6.94. The van der Waals surface area contributed by atoms with Gasteiger partial charge in [0.1, 0.15) is 17.4 Å². The SMILES string of the molecule is CC(C)OC(=O)COc1ccc(/C=C(/C#N)C(=O)Nc2ccc(Br)cc2)cc1. The lowest BCUT2D eigenvalue weighted by Crippen LogP contribution is -2.18. The van der Waals surface area contributed by atoms with Crippen molar-refractivity contribution < 1.29 is 19.1 Å². The van der Waals surface area contributed by atoms with E-state index >= 15 is 0 Å². The molecule has 0 fully saturated rings. The van der Waals surface area contributed by atoms with Crippen molar-refractivity contribution in [3.05, 3.63) is 64.1 Å². The van der Waals surface area contributed by atoms with Crippen LogP contribution in [0.2, 0.25) is 0 Å². The second-order valence-electron chi connectivity index (χ2n) is 6.03. The number of nitriles is 1. The van der Waals surface area contributed by atoms with Gasteiger partial charge in [0.15, 0.2) is 6.61 Å². The van der Waals surface area contributed by atoms with Crippen LogP contribution in [0.25, 0.3) is 6.08 Å². The molecule has 0 spiro atoms. The molecule has 28 heavy (non-hydrogen) atoms. The third kappa shape index (κ3) is 6.89. The molecule has 0 saturated carbocycles. The van der Waals surface area contributed by atoms with Crippen molar-refractivity contribution in [1.29, 1.82) is 5.26 Å². The van der Waals surface area contributed by atoms with E-state index in [2.05, 4.69) is 21.2 Å². The second kappa shape index (κ2) is 10.3. The maximum atomic E-state index is 12.3. The number of rotatable bonds is 7. The molecule has 0 bridgehead atoms. The minimum Gasteiger partial charge on any atom is -0.482 e. The molecule has 0 aliphatic heterocycles. The standard InChI is InChI=1S/C21H19BrN2O4/c1-14(2)28-20(25)13-27-19-9-3-15(4-10-19)11-16(12-23)21(26)24-18-7-5-17(22)6-8-18/h3-11,14H,13H2,1-2H3,(H,24,26)/b16-11-. The first kappa shape index (κ1) is 21.2. The first-order chi connectivity index (χ1) is 13.4. The normalized spacial score (nSPS) is 10.9. The summed E-state index contributed by atoms with van der Waals surface area (Å²) in [6.07, 6.45) is 1.28. The maximum Gasteiger partial charge on any atom is 0.344 e. The molecule has 0 unspecified atom stereocenters. The van der Waals surface area contributed by atoms with Gasteiger partial charge < -0.3 is 14.8 Å². The van der Waals surface area contributed by atoms with E-state index in [1.54, 1.807) is 62.4 Å². The Balaban J connectivity index is 1.99. The zero-order valence-corrected chi connectivity index (χ0v) is 17.0. The van der Waals surface area contributed by atoms with Gasteiger partial charge in [-0.3, -0.25) is 4.79 Å². The predicted molar refractivity (Wildman–Crippen MR) is 110 cm³/mol. The zero-order valence-electron chi connectivity index (χ0n) is 15.4. The van der Waals surface area contributed by atoms with Gasteiger partial charge in [0, 0.05) is 10.2 Å². The molecule has 2 aromatic carbocycles. The maximum absolute atomic E-state index is 12.3. The number of ether oxygens (including phenoxy) is 2. The Bertz CT molecular complexity index is 897. The fraction of sp³-hybridized carbons (Fsp3) is 0.190. The van der Waals surface area contributed by atoms with E-state index in [0.29, 0.717) is 17.0 Å². The summed E-state index contributed by atoms with van der Waals surface area (Å²) in [5, 5.41) is 12.0. The van der Waals surface area contributed by atoms with Crippen LogP contribution in [0.4, 0.5) is 5.69 Å². The van der Waals surface area contributed by atoms with Crippen molar-refractivity contribution in [3.63, 3.8) is 0 Å². The van der Waals surface area contributed by atoms with Crippen LogP contribution in [0.1, 0.15) is 19.4 Å². The molecule has 2 aromatic rings. The summed E-state index contributed by atoms with van der Waals surface area (Å²) in [6.45, 7) is 3.34. The quantitative estimate of drug-likeness (QED) is 0.391. The van der Waals surface area contributed by atoms with Gasteiger partial charge in [0.25, 0.3) is 5.91 Å². The first-order valence-electron chi connectivity index (χ1n) is 8.48. The van der Waals surface area contributed by atoms with Crippen LogP contribution in [0.3, 0.4) is 0 Å². The molecule has 7 heteroatoms. The monoisotopic (exact) mass is 442 g/mol. The van der Waals surface area contributed by atoms with Crippen LogP contribution < -0.4 is 10.1 Å². The Labute approximate surface area is 171 Å². The summed E-state index contributed by atoms with van der Waals surface area (Å²) in [7, 11) is 0. The lowest BCUT2D eigenvalue weighted by Gasteiger charge is -2.09. The number of hydrogen-bond acceptors (Lipinski definition) is 5. The zero-order chi connectivity index (χ0) is 20.5. The molecule has 0 aliphatic rings. The van der Waals surface area contributed by atoms with Crippen molar-refractivity contribution in [2.24, 2.45) is 0 Å². The Morgan fingerprint density at radius 3 is 2.36 bits per heavy atom. The van der Waals surface area contributed by atoms with Gasteiger partial charge in [0.2, 0.25) is 0 Å². The number of hydrogen-bond donors (Lipinski definition) is 1. The third-order valence-corrected chi connectivity index (χ3v) is 3.91. The number of nitrogens with zero attached hydrogens (tertiary/aromatic N) is 1. The summed E-state index contributed by atoms with van der Waals surface area (Å²) < 4.78 is 11.2. The molecule has 2 rings (SSSR count). The summed E-state index contributed by atoms with van der Waals surface area (Å²) >= 11 is 3.32. The smallest absolute Gasteiger partial charge is 0.344 e. The predicted octanol–water partition coefficient (Wildman–Crippen LogP) is 4.33. The number of anilines is 1. The molecule has 1 amide bonds. The minimum absolute atomic E-state index is 0.0305. The molecule has 0 aliphatic carbocycles. The van der Waals surface area contributed by atoms with Gasteiger partial charge in [-0.15, -0.1) is 0 Å². The summed E-state index contributed by atoms with van der Waals surface area (Å²) in [4.78, 5) is 23.8. The van der Waals surface area contributed by atoms with E-state index in [9.17, 15) is 14.9 Å². The van der Waals surface area contributed by atoms with Crippen molar-refractivity contribution in [2.45, 2.75) is 20.0 Å². The molecule has 6 nitrogen and oxygen atoms in total. The number of esters is 1. The summed E-state index contributed by atoms with van der Waals surface area (Å²) in [5.74, 6) is -0.465. The van der Waals surface area contributed by atoms with E-state index in [1.807, 2.05) is 6.07 Å². The molecule has 0 aromatic heterocycles. The van der Waals surface area contributed by atoms with Crippen LogP contribution >= 0.6 is 15.9 Å². The summed E-state index contributed by atoms with van der Waals surface area (Å²) in [6, 6.07) is 15.6. The highest BCUT2D eigenvalue weighted by Crippen LogP contribution is 2.17. The average molecular weight is 443 g/mol. The third-order valence-electron chi connectivity index (χ3n) is 3.38. The number of carbonyl (C=O) groups excluding carboxylic acids is 2. The topological polar surface area (TPSA) is 88.4 Å². The van der Waals surface area contributed by atoms with E-state index < -0.39 is 11.9 Å². The lowest BCUT2D eigenvalue weighted by atomic mass is 10.1. The number of halogens is 1. The Hall–Kier alpha value is -3.11. The highest BCUT2D eigenvalue weighted by atomic mass is 79.9. The van der Waals surface area contributed by atoms with Crippen molar-refractivity contribution in [3.8, 4) is 11.8 Å². The Morgan fingerprint density at radius 1 is 1.14 bits per heavy atom. The molecule has 0 saturated heterocycles. The van der Waals surface area contributed by atoms with Crippen molar-refractivity contribution in [2.75, 3.05) is 11.9 Å². The van der Waals surface area contributed by atoms with Gasteiger partial charge >= 0.3 is 5.97 Å². The van der Waals surface area contributed by atoms with E-state index in [0.717, 1.165) is 4.47 Å². The fourth-order valence-electron chi connectivity index (χ4n) is 2.15. The number of amides is 1. The van der Waals surface area contributed by atoms with Crippen LogP contribution in [-0.2, 0) is 14.3 Å². The number of nitrogens with one attached hydrogen (secondary N) is 1. The highest BCUT2D eigenvalue weighted by Gasteiger charge is 2.10. The molecule has 0 radical (unpaired) electrons. The van der Waals surface area contributed by atoms with Gasteiger partial charge in [-0.05, 0) is 61.9 Å².